The molecule has 2 aromatic rings. The van der Waals surface area contributed by atoms with Crippen molar-refractivity contribution in [1.29, 1.82) is 0 Å². The summed E-state index contributed by atoms with van der Waals surface area (Å²) >= 11 is 0. The Morgan fingerprint density at radius 1 is 1.04 bits per heavy atom. The minimum absolute atomic E-state index is 0. The first-order chi connectivity index (χ1) is 13.2. The van der Waals surface area contributed by atoms with Gasteiger partial charge in [-0.1, -0.05) is 42.0 Å². The summed E-state index contributed by atoms with van der Waals surface area (Å²) in [6, 6.07) is 14.7. The number of methoxy groups -OCH3 is 1. The van der Waals surface area contributed by atoms with Crippen LogP contribution in [-0.4, -0.2) is 33.3 Å². The zero-order chi connectivity index (χ0) is 19.5. The predicted octanol–water partition coefficient (Wildman–Crippen LogP) is 4.07. The van der Waals surface area contributed by atoms with E-state index in [1.807, 2.05) is 13.0 Å². The van der Waals surface area contributed by atoms with Crippen LogP contribution in [0.3, 0.4) is 0 Å². The number of hydrogen-bond acceptors (Lipinski definition) is 3. The summed E-state index contributed by atoms with van der Waals surface area (Å²) < 4.78 is 10.9. The van der Waals surface area contributed by atoms with E-state index in [2.05, 4.69) is 58.9 Å². The van der Waals surface area contributed by atoms with E-state index in [1.165, 1.54) is 22.3 Å². The van der Waals surface area contributed by atoms with Crippen molar-refractivity contribution in [3.05, 3.63) is 64.7 Å². The Kier molecular flexibility index (Phi) is 11.6. The van der Waals surface area contributed by atoms with Crippen molar-refractivity contribution in [1.82, 2.24) is 10.6 Å². The molecule has 2 N–H and O–H groups in total. The van der Waals surface area contributed by atoms with Gasteiger partial charge in [0.1, 0.15) is 5.75 Å². The predicted molar refractivity (Wildman–Crippen MR) is 127 cm³/mol. The second-order valence-electron chi connectivity index (χ2n) is 6.37. The van der Waals surface area contributed by atoms with Gasteiger partial charge in [0, 0.05) is 26.7 Å². The fourth-order valence-corrected chi connectivity index (χ4v) is 2.80. The molecule has 0 heterocycles. The number of aliphatic imine (C=N–C) groups is 1. The second kappa shape index (κ2) is 13.4. The number of nitrogens with zero attached hydrogens (tertiary/aromatic N) is 1. The highest BCUT2D eigenvalue weighted by atomic mass is 127. The van der Waals surface area contributed by atoms with Crippen molar-refractivity contribution in [2.75, 3.05) is 27.3 Å². The molecule has 0 aromatic heterocycles. The Hall–Kier alpha value is -1.80. The van der Waals surface area contributed by atoms with Crippen molar-refractivity contribution in [2.45, 2.75) is 33.4 Å². The third kappa shape index (κ3) is 8.06. The molecule has 0 amide bonds. The molecule has 5 nitrogen and oxygen atoms in total. The van der Waals surface area contributed by atoms with E-state index in [0.29, 0.717) is 6.61 Å². The molecule has 0 aliphatic heterocycles. The fourth-order valence-electron chi connectivity index (χ4n) is 2.80. The number of hydrogen-bond donors (Lipinski definition) is 2. The Morgan fingerprint density at radius 2 is 1.75 bits per heavy atom. The monoisotopic (exact) mass is 497 g/mol. The highest BCUT2D eigenvalue weighted by molar-refractivity contribution is 14.0. The fraction of sp³-hybridized carbons (Fsp3) is 0.409. The van der Waals surface area contributed by atoms with Crippen LogP contribution in [0.2, 0.25) is 0 Å². The highest BCUT2D eigenvalue weighted by Gasteiger charge is 2.04. The van der Waals surface area contributed by atoms with Gasteiger partial charge in [0.15, 0.2) is 5.96 Å². The Bertz CT molecular complexity index is 733. The van der Waals surface area contributed by atoms with E-state index in [0.717, 1.165) is 37.8 Å². The molecule has 2 rings (SSSR count). The number of nitrogens with one attached hydrogen (secondary N) is 2. The third-order valence-corrected chi connectivity index (χ3v) is 4.30. The molecule has 2 aromatic carbocycles. The summed E-state index contributed by atoms with van der Waals surface area (Å²) in [6.45, 7) is 7.01. The lowest BCUT2D eigenvalue weighted by molar-refractivity contribution is 0.134. The van der Waals surface area contributed by atoms with Gasteiger partial charge in [-0.2, -0.15) is 0 Å². The van der Waals surface area contributed by atoms with Crippen LogP contribution in [0.1, 0.15) is 29.2 Å². The maximum Gasteiger partial charge on any atom is 0.191 e. The van der Waals surface area contributed by atoms with E-state index in [4.69, 9.17) is 9.47 Å². The Morgan fingerprint density at radius 3 is 2.39 bits per heavy atom. The summed E-state index contributed by atoms with van der Waals surface area (Å²) in [4.78, 5) is 4.30. The molecule has 0 bridgehead atoms. The quantitative estimate of drug-likeness (QED) is 0.312. The van der Waals surface area contributed by atoms with Gasteiger partial charge in [-0.3, -0.25) is 4.99 Å². The van der Waals surface area contributed by atoms with Gasteiger partial charge < -0.3 is 20.1 Å². The standard InChI is InChI=1S/C22H31N3O2.HI/c1-5-27-16-19-9-7-18(8-10-19)15-25-22(23-3)24-13-12-20-14-17(2)6-11-21(20)26-4;/h6-11,14H,5,12-13,15-16H2,1-4H3,(H2,23,24,25);1H. The number of rotatable bonds is 9. The largest absolute Gasteiger partial charge is 0.496 e. The highest BCUT2D eigenvalue weighted by Crippen LogP contribution is 2.19. The zero-order valence-corrected chi connectivity index (χ0v) is 19.6. The van der Waals surface area contributed by atoms with Gasteiger partial charge >= 0.3 is 0 Å². The number of benzene rings is 2. The minimum atomic E-state index is 0. The third-order valence-electron chi connectivity index (χ3n) is 4.30. The van der Waals surface area contributed by atoms with E-state index in [9.17, 15) is 0 Å². The molecule has 0 unspecified atom stereocenters. The van der Waals surface area contributed by atoms with Gasteiger partial charge in [-0.15, -0.1) is 24.0 Å². The maximum atomic E-state index is 5.44. The molecule has 0 aliphatic carbocycles. The van der Waals surface area contributed by atoms with Gasteiger partial charge in [-0.05, 0) is 43.0 Å². The molecule has 0 radical (unpaired) electrons. The van der Waals surface area contributed by atoms with Crippen LogP contribution in [0.15, 0.2) is 47.5 Å². The van der Waals surface area contributed by atoms with Crippen LogP contribution in [0.25, 0.3) is 0 Å². The van der Waals surface area contributed by atoms with Crippen LogP contribution in [-0.2, 0) is 24.3 Å². The number of aryl methyl sites for hydroxylation is 1. The van der Waals surface area contributed by atoms with E-state index < -0.39 is 0 Å². The summed E-state index contributed by atoms with van der Waals surface area (Å²) in [6.07, 6.45) is 0.873. The molecule has 28 heavy (non-hydrogen) atoms. The summed E-state index contributed by atoms with van der Waals surface area (Å²) in [5, 5.41) is 6.71. The first kappa shape index (κ1) is 24.2. The first-order valence-electron chi connectivity index (χ1n) is 9.39. The summed E-state index contributed by atoms with van der Waals surface area (Å²) in [7, 11) is 3.50. The average Bonchev–Trinajstić information content (AvgIpc) is 2.70. The van der Waals surface area contributed by atoms with E-state index in [1.54, 1.807) is 14.2 Å². The number of guanidine groups is 1. The van der Waals surface area contributed by atoms with Crippen molar-refractivity contribution >= 4 is 29.9 Å². The Labute approximate surface area is 186 Å². The van der Waals surface area contributed by atoms with Crippen LogP contribution in [0.4, 0.5) is 0 Å². The number of halogens is 1. The van der Waals surface area contributed by atoms with Gasteiger partial charge in [0.25, 0.3) is 0 Å². The molecule has 0 saturated heterocycles. The molecular formula is C22H32IN3O2. The molecule has 0 fully saturated rings. The molecular weight excluding hydrogens is 465 g/mol. The lowest BCUT2D eigenvalue weighted by atomic mass is 10.1. The SMILES string of the molecule is CCOCc1ccc(CNC(=NC)NCCc2cc(C)ccc2OC)cc1.I. The minimum Gasteiger partial charge on any atom is -0.496 e. The number of ether oxygens (including phenoxy) is 2. The zero-order valence-electron chi connectivity index (χ0n) is 17.2. The van der Waals surface area contributed by atoms with Gasteiger partial charge in [0.05, 0.1) is 13.7 Å². The molecule has 6 heteroatoms. The molecule has 0 saturated carbocycles. The molecule has 0 aliphatic rings. The van der Waals surface area contributed by atoms with Crippen LogP contribution in [0.5, 0.6) is 5.75 Å². The lowest BCUT2D eigenvalue weighted by Crippen LogP contribution is -2.37. The lowest BCUT2D eigenvalue weighted by Gasteiger charge is -2.14. The van der Waals surface area contributed by atoms with E-state index >= 15 is 0 Å². The Balaban J connectivity index is 0.00000392. The second-order valence-corrected chi connectivity index (χ2v) is 6.37. The smallest absolute Gasteiger partial charge is 0.191 e. The topological polar surface area (TPSA) is 54.9 Å². The summed E-state index contributed by atoms with van der Waals surface area (Å²) in [5.74, 6) is 1.72. The van der Waals surface area contributed by atoms with Crippen LogP contribution in [0, 0.1) is 6.92 Å². The van der Waals surface area contributed by atoms with Crippen molar-refractivity contribution in [3.63, 3.8) is 0 Å². The molecule has 0 spiro atoms. The van der Waals surface area contributed by atoms with Crippen molar-refractivity contribution in [3.8, 4) is 5.75 Å². The summed E-state index contributed by atoms with van der Waals surface area (Å²) in [5.41, 5.74) is 4.83. The van der Waals surface area contributed by atoms with Crippen molar-refractivity contribution < 1.29 is 9.47 Å². The molecule has 154 valence electrons. The van der Waals surface area contributed by atoms with E-state index in [-0.39, 0.29) is 24.0 Å². The van der Waals surface area contributed by atoms with Crippen molar-refractivity contribution in [2.24, 2.45) is 4.99 Å². The normalized spacial score (nSPS) is 10.9. The first-order valence-corrected chi connectivity index (χ1v) is 9.39. The molecule has 0 atom stereocenters. The van der Waals surface area contributed by atoms with Crippen LogP contribution < -0.4 is 15.4 Å². The van der Waals surface area contributed by atoms with Gasteiger partial charge in [0.2, 0.25) is 0 Å². The average molecular weight is 497 g/mol. The maximum absolute atomic E-state index is 5.44. The van der Waals surface area contributed by atoms with Crippen LogP contribution >= 0.6 is 24.0 Å². The van der Waals surface area contributed by atoms with Gasteiger partial charge in [-0.25, -0.2) is 0 Å².